The molecule has 1 aromatic rings. The van der Waals surface area contributed by atoms with E-state index in [4.69, 9.17) is 10.00 Å². The van der Waals surface area contributed by atoms with Crippen LogP contribution >= 0.6 is 0 Å². The van der Waals surface area contributed by atoms with E-state index in [1.807, 2.05) is 6.07 Å². The van der Waals surface area contributed by atoms with Gasteiger partial charge in [-0.2, -0.15) is 5.26 Å². The molecule has 0 saturated carbocycles. The maximum absolute atomic E-state index is 12.1. The summed E-state index contributed by atoms with van der Waals surface area (Å²) in [6.45, 7) is 1.16. The summed E-state index contributed by atoms with van der Waals surface area (Å²) >= 11 is 0. The lowest BCUT2D eigenvalue weighted by molar-refractivity contribution is -0.112. The fraction of sp³-hybridized carbons (Fsp3) is 0.312. The lowest BCUT2D eigenvalue weighted by atomic mass is 10.1. The number of hydrogen-bond acceptors (Lipinski definition) is 6. The van der Waals surface area contributed by atoms with E-state index in [0.717, 1.165) is 6.42 Å². The summed E-state index contributed by atoms with van der Waals surface area (Å²) in [5, 5.41) is 14.5. The van der Waals surface area contributed by atoms with E-state index in [0.29, 0.717) is 13.2 Å². The highest BCUT2D eigenvalue weighted by atomic mass is 16.5. The smallest absolute Gasteiger partial charge is 0.339 e. The fourth-order valence-electron chi connectivity index (χ4n) is 1.71. The number of benzene rings is 1. The van der Waals surface area contributed by atoms with Gasteiger partial charge < -0.3 is 20.1 Å². The molecule has 0 aliphatic heterocycles. The van der Waals surface area contributed by atoms with Crippen LogP contribution < -0.4 is 10.6 Å². The van der Waals surface area contributed by atoms with Crippen LogP contribution in [0.15, 0.2) is 36.0 Å². The number of para-hydroxylation sites is 1. The van der Waals surface area contributed by atoms with Crippen LogP contribution in [0.25, 0.3) is 0 Å². The zero-order valence-corrected chi connectivity index (χ0v) is 13.1. The average Bonchev–Trinajstić information content (AvgIpc) is 2.57. The van der Waals surface area contributed by atoms with Crippen molar-refractivity contribution in [3.8, 4) is 6.07 Å². The van der Waals surface area contributed by atoms with Crippen LogP contribution in [-0.2, 0) is 14.3 Å². The van der Waals surface area contributed by atoms with Crippen molar-refractivity contribution in [2.24, 2.45) is 0 Å². The van der Waals surface area contributed by atoms with Crippen LogP contribution in [0, 0.1) is 11.3 Å². The van der Waals surface area contributed by atoms with Crippen LogP contribution in [0.3, 0.4) is 0 Å². The first-order valence-electron chi connectivity index (χ1n) is 6.95. The van der Waals surface area contributed by atoms with Gasteiger partial charge in [0, 0.05) is 26.5 Å². The number of nitrogens with one attached hydrogen (secondary N) is 2. The molecule has 7 heteroatoms. The predicted octanol–water partition coefficient (Wildman–Crippen LogP) is 1.45. The molecule has 1 amide bonds. The first-order valence-corrected chi connectivity index (χ1v) is 6.95. The lowest BCUT2D eigenvalue weighted by Gasteiger charge is -2.09. The summed E-state index contributed by atoms with van der Waals surface area (Å²) in [7, 11) is 2.86. The first kappa shape index (κ1) is 18.2. The van der Waals surface area contributed by atoms with Crippen LogP contribution in [-0.4, -0.2) is 39.2 Å². The Bertz CT molecular complexity index is 620. The molecule has 122 valence electrons. The Morgan fingerprint density at radius 2 is 2.04 bits per heavy atom. The summed E-state index contributed by atoms with van der Waals surface area (Å²) in [6, 6.07) is 8.22. The molecule has 0 heterocycles. The van der Waals surface area contributed by atoms with E-state index >= 15 is 0 Å². The zero-order valence-electron chi connectivity index (χ0n) is 13.1. The van der Waals surface area contributed by atoms with Crippen LogP contribution in [0.4, 0.5) is 5.69 Å². The van der Waals surface area contributed by atoms with Gasteiger partial charge in [0.05, 0.1) is 18.4 Å². The van der Waals surface area contributed by atoms with Gasteiger partial charge in [-0.05, 0) is 18.6 Å². The number of carbonyl (C=O) groups is 2. The largest absolute Gasteiger partial charge is 0.465 e. The second-order valence-corrected chi connectivity index (χ2v) is 4.46. The van der Waals surface area contributed by atoms with Gasteiger partial charge in [-0.1, -0.05) is 12.1 Å². The topological polar surface area (TPSA) is 100 Å². The van der Waals surface area contributed by atoms with Crippen molar-refractivity contribution in [2.45, 2.75) is 6.42 Å². The van der Waals surface area contributed by atoms with Crippen molar-refractivity contribution in [1.82, 2.24) is 5.32 Å². The monoisotopic (exact) mass is 317 g/mol. The number of amides is 1. The number of nitrogens with zero attached hydrogens (tertiary/aromatic N) is 1. The molecule has 7 nitrogen and oxygen atoms in total. The van der Waals surface area contributed by atoms with Crippen molar-refractivity contribution in [3.05, 3.63) is 41.6 Å². The standard InChI is InChI=1S/C16H19N3O4/c1-22-9-5-8-18-11-12(10-17)15(20)19-14-7-4-3-6-13(14)16(21)23-2/h3-4,6-7,11,18H,5,8-9H2,1-2H3,(H,19,20)/b12-11-. The number of hydrogen-bond donors (Lipinski definition) is 2. The Balaban J connectivity index is 2.76. The van der Waals surface area contributed by atoms with E-state index < -0.39 is 11.9 Å². The highest BCUT2D eigenvalue weighted by molar-refractivity contribution is 6.09. The summed E-state index contributed by atoms with van der Waals surface area (Å²) < 4.78 is 9.55. The molecule has 0 unspecified atom stereocenters. The number of methoxy groups -OCH3 is 2. The molecule has 0 aliphatic carbocycles. The highest BCUT2D eigenvalue weighted by Gasteiger charge is 2.15. The van der Waals surface area contributed by atoms with Crippen molar-refractivity contribution in [1.29, 1.82) is 5.26 Å². The Hall–Kier alpha value is -2.85. The van der Waals surface area contributed by atoms with Crippen LogP contribution in [0.5, 0.6) is 0 Å². The zero-order chi connectivity index (χ0) is 17.1. The minimum Gasteiger partial charge on any atom is -0.465 e. The van der Waals surface area contributed by atoms with Gasteiger partial charge in [0.1, 0.15) is 11.6 Å². The fourth-order valence-corrected chi connectivity index (χ4v) is 1.71. The van der Waals surface area contributed by atoms with Crippen molar-refractivity contribution in [3.63, 3.8) is 0 Å². The van der Waals surface area contributed by atoms with E-state index in [1.54, 1.807) is 25.3 Å². The number of rotatable bonds is 8. The summed E-state index contributed by atoms with van der Waals surface area (Å²) in [5.41, 5.74) is 0.403. The van der Waals surface area contributed by atoms with E-state index in [2.05, 4.69) is 15.4 Å². The second-order valence-electron chi connectivity index (χ2n) is 4.46. The first-order chi connectivity index (χ1) is 11.1. The number of ether oxygens (including phenoxy) is 2. The Morgan fingerprint density at radius 1 is 1.30 bits per heavy atom. The van der Waals surface area contributed by atoms with Gasteiger partial charge in [-0.15, -0.1) is 0 Å². The molecule has 1 aromatic carbocycles. The highest BCUT2D eigenvalue weighted by Crippen LogP contribution is 2.16. The maximum atomic E-state index is 12.1. The minimum absolute atomic E-state index is 0.0953. The van der Waals surface area contributed by atoms with Gasteiger partial charge in [0.2, 0.25) is 0 Å². The average molecular weight is 317 g/mol. The Morgan fingerprint density at radius 3 is 2.70 bits per heavy atom. The van der Waals surface area contributed by atoms with Gasteiger partial charge in [-0.3, -0.25) is 4.79 Å². The maximum Gasteiger partial charge on any atom is 0.339 e. The number of anilines is 1. The van der Waals surface area contributed by atoms with E-state index in [9.17, 15) is 9.59 Å². The number of nitriles is 1. The van der Waals surface area contributed by atoms with Gasteiger partial charge in [0.15, 0.2) is 0 Å². The predicted molar refractivity (Wildman–Crippen MR) is 84.6 cm³/mol. The van der Waals surface area contributed by atoms with Gasteiger partial charge in [0.25, 0.3) is 5.91 Å². The molecule has 0 aromatic heterocycles. The van der Waals surface area contributed by atoms with Gasteiger partial charge in [-0.25, -0.2) is 4.79 Å². The second kappa shape index (κ2) is 9.97. The number of esters is 1. The summed E-state index contributed by atoms with van der Waals surface area (Å²) in [4.78, 5) is 23.8. The molecule has 0 saturated heterocycles. The molecule has 23 heavy (non-hydrogen) atoms. The van der Waals surface area contributed by atoms with Crippen molar-refractivity contribution >= 4 is 17.6 Å². The normalized spacial score (nSPS) is 10.6. The molecule has 2 N–H and O–H groups in total. The van der Waals surface area contributed by atoms with Gasteiger partial charge >= 0.3 is 5.97 Å². The molecule has 0 radical (unpaired) electrons. The SMILES string of the molecule is COCCCN/C=C(/C#N)C(=O)Nc1ccccc1C(=O)OC. The quantitative estimate of drug-likeness (QED) is 0.326. The Kier molecular flexibility index (Phi) is 7.89. The molecule has 0 bridgehead atoms. The van der Waals surface area contributed by atoms with Crippen LogP contribution in [0.2, 0.25) is 0 Å². The lowest BCUT2D eigenvalue weighted by Crippen LogP contribution is -2.19. The minimum atomic E-state index is -0.608. The third kappa shape index (κ3) is 5.80. The number of carbonyl (C=O) groups excluding carboxylic acids is 2. The van der Waals surface area contributed by atoms with Crippen molar-refractivity contribution in [2.75, 3.05) is 32.7 Å². The van der Waals surface area contributed by atoms with E-state index in [-0.39, 0.29) is 16.8 Å². The molecular formula is C16H19N3O4. The molecule has 0 spiro atoms. The molecule has 0 fully saturated rings. The summed E-state index contributed by atoms with van der Waals surface area (Å²) in [6.07, 6.45) is 2.09. The molecule has 0 aliphatic rings. The molecule has 1 rings (SSSR count). The Labute approximate surface area is 134 Å². The molecule has 0 atom stereocenters. The van der Waals surface area contributed by atoms with E-state index in [1.165, 1.54) is 19.4 Å². The third-order valence-electron chi connectivity index (χ3n) is 2.86. The summed E-state index contributed by atoms with van der Waals surface area (Å²) in [5.74, 6) is -1.18. The molecular weight excluding hydrogens is 298 g/mol. The van der Waals surface area contributed by atoms with Crippen molar-refractivity contribution < 1.29 is 19.1 Å². The van der Waals surface area contributed by atoms with Crippen LogP contribution in [0.1, 0.15) is 16.8 Å². The third-order valence-corrected chi connectivity index (χ3v) is 2.86.